The minimum absolute atomic E-state index is 0.0253. The summed E-state index contributed by atoms with van der Waals surface area (Å²) in [6, 6.07) is 4.31. The zero-order chi connectivity index (χ0) is 14.8. The molecule has 0 saturated carbocycles. The Balaban J connectivity index is 2.23. The number of nitrogens with two attached hydrogens (primary N) is 1. The van der Waals surface area contributed by atoms with Crippen molar-refractivity contribution in [2.75, 3.05) is 0 Å². The molecule has 1 heterocycles. The summed E-state index contributed by atoms with van der Waals surface area (Å²) in [6.07, 6.45) is 3.13. The molecule has 0 radical (unpaired) electrons. The van der Waals surface area contributed by atoms with E-state index in [4.69, 9.17) is 29.6 Å². The van der Waals surface area contributed by atoms with E-state index >= 15 is 0 Å². The van der Waals surface area contributed by atoms with Gasteiger partial charge in [0, 0.05) is 23.9 Å². The summed E-state index contributed by atoms with van der Waals surface area (Å²) < 4.78 is 26.7. The van der Waals surface area contributed by atoms with E-state index in [1.807, 2.05) is 0 Å². The van der Waals surface area contributed by atoms with E-state index in [1.54, 1.807) is 6.20 Å². The van der Waals surface area contributed by atoms with Gasteiger partial charge in [-0.2, -0.15) is 5.10 Å². The molecule has 0 atom stereocenters. The van der Waals surface area contributed by atoms with Crippen LogP contribution in [0.3, 0.4) is 0 Å². The zero-order valence-electron chi connectivity index (χ0n) is 10.1. The van der Waals surface area contributed by atoms with Gasteiger partial charge in [-0.1, -0.05) is 29.9 Å². The van der Waals surface area contributed by atoms with Crippen LogP contribution in [0.1, 0.15) is 11.1 Å². The third-order valence-corrected chi connectivity index (χ3v) is 4.65. The van der Waals surface area contributed by atoms with E-state index in [2.05, 4.69) is 14.9 Å². The molecule has 2 rings (SSSR count). The summed E-state index contributed by atoms with van der Waals surface area (Å²) in [4.78, 5) is 0.130. The van der Waals surface area contributed by atoms with Gasteiger partial charge < -0.3 is 5.73 Å². The van der Waals surface area contributed by atoms with Gasteiger partial charge in [-0.25, -0.2) is 13.1 Å². The van der Waals surface area contributed by atoms with Crippen molar-refractivity contribution in [3.8, 4) is 0 Å². The highest BCUT2D eigenvalue weighted by molar-refractivity contribution is 7.89. The molecular weight excluding hydrogens is 320 g/mol. The van der Waals surface area contributed by atoms with Crippen molar-refractivity contribution in [1.82, 2.24) is 14.9 Å². The molecule has 0 amide bonds. The predicted molar refractivity (Wildman–Crippen MR) is 80.0 cm³/mol. The van der Waals surface area contributed by atoms with Gasteiger partial charge in [-0.3, -0.25) is 5.10 Å². The largest absolute Gasteiger partial charge is 0.389 e. The highest BCUT2D eigenvalue weighted by Gasteiger charge is 2.18. The minimum atomic E-state index is -3.72. The van der Waals surface area contributed by atoms with E-state index in [-0.39, 0.29) is 21.5 Å². The molecular formula is C11H11ClN4O2S2. The van der Waals surface area contributed by atoms with Crippen LogP contribution < -0.4 is 10.5 Å². The molecule has 106 valence electrons. The Bertz CT molecular complexity index is 729. The molecule has 4 N–H and O–H groups in total. The van der Waals surface area contributed by atoms with Crippen LogP contribution in [0.2, 0.25) is 5.02 Å². The summed E-state index contributed by atoms with van der Waals surface area (Å²) in [5, 5.41) is 6.39. The lowest BCUT2D eigenvalue weighted by molar-refractivity contribution is 0.581. The number of H-pyrrole nitrogens is 1. The van der Waals surface area contributed by atoms with Gasteiger partial charge in [0.15, 0.2) is 0 Å². The molecule has 0 fully saturated rings. The van der Waals surface area contributed by atoms with Gasteiger partial charge in [0.05, 0.1) is 11.2 Å². The van der Waals surface area contributed by atoms with E-state index in [9.17, 15) is 8.42 Å². The Morgan fingerprint density at radius 3 is 2.80 bits per heavy atom. The highest BCUT2D eigenvalue weighted by Crippen LogP contribution is 2.22. The van der Waals surface area contributed by atoms with Gasteiger partial charge in [-0.05, 0) is 12.1 Å². The average molecular weight is 331 g/mol. The Morgan fingerprint density at radius 2 is 2.25 bits per heavy atom. The maximum absolute atomic E-state index is 12.1. The summed E-state index contributed by atoms with van der Waals surface area (Å²) in [5.41, 5.74) is 6.69. The van der Waals surface area contributed by atoms with Crippen molar-refractivity contribution in [2.24, 2.45) is 5.73 Å². The fraction of sp³-hybridized carbons (Fsp3) is 0.0909. The predicted octanol–water partition coefficient (Wildman–Crippen LogP) is 1.18. The molecule has 9 heteroatoms. The van der Waals surface area contributed by atoms with Crippen LogP contribution in [0.4, 0.5) is 0 Å². The van der Waals surface area contributed by atoms with Gasteiger partial charge in [0.2, 0.25) is 10.0 Å². The summed E-state index contributed by atoms with van der Waals surface area (Å²) in [5.74, 6) is 0. The van der Waals surface area contributed by atoms with Gasteiger partial charge in [0.25, 0.3) is 0 Å². The SMILES string of the molecule is NC(=S)c1ccc(S(=O)(=O)NCc2cn[nH]c2)c(Cl)c1. The van der Waals surface area contributed by atoms with Crippen molar-refractivity contribution < 1.29 is 8.42 Å². The minimum Gasteiger partial charge on any atom is -0.389 e. The lowest BCUT2D eigenvalue weighted by atomic mass is 10.2. The number of hydrogen-bond acceptors (Lipinski definition) is 4. The van der Waals surface area contributed by atoms with E-state index < -0.39 is 10.0 Å². The number of thiocarbonyl (C=S) groups is 1. The maximum atomic E-state index is 12.1. The zero-order valence-corrected chi connectivity index (χ0v) is 12.5. The highest BCUT2D eigenvalue weighted by atomic mass is 35.5. The topological polar surface area (TPSA) is 101 Å². The van der Waals surface area contributed by atoms with E-state index in [0.717, 1.165) is 0 Å². The van der Waals surface area contributed by atoms with Crippen LogP contribution in [-0.2, 0) is 16.6 Å². The molecule has 6 nitrogen and oxygen atoms in total. The van der Waals surface area contributed by atoms with Crippen LogP contribution in [0, 0.1) is 0 Å². The Hall–Kier alpha value is -1.48. The van der Waals surface area contributed by atoms with E-state index in [1.165, 1.54) is 24.4 Å². The molecule has 0 aliphatic heterocycles. The number of halogens is 1. The van der Waals surface area contributed by atoms with Crippen molar-refractivity contribution in [3.63, 3.8) is 0 Å². The lowest BCUT2D eigenvalue weighted by Crippen LogP contribution is -2.23. The molecule has 0 saturated heterocycles. The Morgan fingerprint density at radius 1 is 1.50 bits per heavy atom. The average Bonchev–Trinajstić information content (AvgIpc) is 2.89. The van der Waals surface area contributed by atoms with Crippen molar-refractivity contribution >= 4 is 38.8 Å². The maximum Gasteiger partial charge on any atom is 0.242 e. The molecule has 0 spiro atoms. The molecule has 2 aromatic rings. The number of aromatic amines is 1. The second kappa shape index (κ2) is 5.88. The number of rotatable bonds is 5. The quantitative estimate of drug-likeness (QED) is 0.715. The van der Waals surface area contributed by atoms with Gasteiger partial charge >= 0.3 is 0 Å². The molecule has 0 aliphatic rings. The van der Waals surface area contributed by atoms with Crippen LogP contribution in [0.15, 0.2) is 35.5 Å². The lowest BCUT2D eigenvalue weighted by Gasteiger charge is -2.08. The van der Waals surface area contributed by atoms with E-state index in [0.29, 0.717) is 11.1 Å². The van der Waals surface area contributed by atoms with Crippen molar-refractivity contribution in [3.05, 3.63) is 46.7 Å². The fourth-order valence-corrected chi connectivity index (χ4v) is 3.19. The Kier molecular flexibility index (Phi) is 4.39. The van der Waals surface area contributed by atoms with Gasteiger partial charge in [-0.15, -0.1) is 0 Å². The first-order valence-corrected chi connectivity index (χ1v) is 7.74. The number of nitrogens with zero attached hydrogens (tertiary/aromatic N) is 1. The van der Waals surface area contributed by atoms with Crippen LogP contribution in [0.25, 0.3) is 0 Å². The molecule has 0 aliphatic carbocycles. The van der Waals surface area contributed by atoms with Crippen LogP contribution >= 0.6 is 23.8 Å². The van der Waals surface area contributed by atoms with Crippen molar-refractivity contribution in [2.45, 2.75) is 11.4 Å². The molecule has 1 aromatic heterocycles. The molecule has 1 aromatic carbocycles. The number of hydrogen-bond donors (Lipinski definition) is 3. The number of aromatic nitrogens is 2. The summed E-state index contributed by atoms with van der Waals surface area (Å²) >= 11 is 10.8. The second-order valence-electron chi connectivity index (χ2n) is 3.94. The summed E-state index contributed by atoms with van der Waals surface area (Å²) in [6.45, 7) is 0.117. The monoisotopic (exact) mass is 330 g/mol. The third-order valence-electron chi connectivity index (χ3n) is 2.53. The standard InChI is InChI=1S/C11H11ClN4O2S2/c12-9-3-8(11(13)19)1-2-10(9)20(17,18)16-6-7-4-14-15-5-7/h1-5,16H,6H2,(H2,13,19)(H,14,15). The van der Waals surface area contributed by atoms with Crippen molar-refractivity contribution in [1.29, 1.82) is 0 Å². The third kappa shape index (κ3) is 3.34. The number of nitrogens with one attached hydrogen (secondary N) is 2. The first-order chi connectivity index (χ1) is 9.40. The first kappa shape index (κ1) is 14.9. The molecule has 0 bridgehead atoms. The van der Waals surface area contributed by atoms with Gasteiger partial charge in [0.1, 0.15) is 9.88 Å². The van der Waals surface area contributed by atoms with Crippen LogP contribution in [-0.4, -0.2) is 23.6 Å². The molecule has 20 heavy (non-hydrogen) atoms. The number of sulfonamides is 1. The second-order valence-corrected chi connectivity index (χ2v) is 6.52. The smallest absolute Gasteiger partial charge is 0.242 e. The molecule has 0 unspecified atom stereocenters. The summed E-state index contributed by atoms with van der Waals surface area (Å²) in [7, 11) is -3.72. The fourth-order valence-electron chi connectivity index (χ4n) is 1.50. The van der Waals surface area contributed by atoms with Crippen LogP contribution in [0.5, 0.6) is 0 Å². The Labute approximate surface area is 126 Å². The normalized spacial score (nSPS) is 11.4. The number of benzene rings is 1. The first-order valence-electron chi connectivity index (χ1n) is 5.47.